The third-order valence-electron chi connectivity index (χ3n) is 4.71. The SMILES string of the molecule is C=C(C)CN1N=C(c2ccc(F)cc2)Cn2c1nc1c2c(=O)n(C)c(=O)n1C. The van der Waals surface area contributed by atoms with E-state index in [1.807, 2.05) is 6.92 Å². The molecule has 0 bridgehead atoms. The lowest BCUT2D eigenvalue weighted by atomic mass is 10.1. The number of nitrogens with zero attached hydrogens (tertiary/aromatic N) is 6. The Morgan fingerprint density at radius 1 is 1.18 bits per heavy atom. The fourth-order valence-corrected chi connectivity index (χ4v) is 3.31. The quantitative estimate of drug-likeness (QED) is 0.641. The molecule has 4 rings (SSSR count). The zero-order valence-corrected chi connectivity index (χ0v) is 15.8. The number of imidazole rings is 1. The lowest BCUT2D eigenvalue weighted by Crippen LogP contribution is -2.38. The number of hydrogen-bond acceptors (Lipinski definition) is 5. The van der Waals surface area contributed by atoms with Crippen LogP contribution in [0.5, 0.6) is 0 Å². The van der Waals surface area contributed by atoms with Crippen LogP contribution in [0.2, 0.25) is 0 Å². The number of fused-ring (bicyclic) bond motifs is 3. The van der Waals surface area contributed by atoms with Crippen molar-refractivity contribution in [1.82, 2.24) is 18.7 Å². The van der Waals surface area contributed by atoms with Gasteiger partial charge in [0.2, 0.25) is 5.95 Å². The molecule has 0 N–H and O–H groups in total. The van der Waals surface area contributed by atoms with Gasteiger partial charge in [-0.1, -0.05) is 24.3 Å². The highest BCUT2D eigenvalue weighted by Gasteiger charge is 2.27. The van der Waals surface area contributed by atoms with Crippen LogP contribution in [0.3, 0.4) is 0 Å². The Bertz CT molecular complexity index is 1260. The average Bonchev–Trinajstić information content (AvgIpc) is 3.05. The van der Waals surface area contributed by atoms with Gasteiger partial charge in [0.1, 0.15) is 5.82 Å². The summed E-state index contributed by atoms with van der Waals surface area (Å²) in [5.41, 5.74) is 1.99. The molecule has 3 heterocycles. The Morgan fingerprint density at radius 2 is 1.86 bits per heavy atom. The molecule has 0 saturated heterocycles. The smallest absolute Gasteiger partial charge is 0.297 e. The zero-order chi connectivity index (χ0) is 20.2. The maximum absolute atomic E-state index is 13.3. The van der Waals surface area contributed by atoms with E-state index in [4.69, 9.17) is 0 Å². The van der Waals surface area contributed by atoms with Gasteiger partial charge < -0.3 is 0 Å². The van der Waals surface area contributed by atoms with Crippen LogP contribution in [-0.4, -0.2) is 30.9 Å². The second-order valence-corrected chi connectivity index (χ2v) is 6.94. The third kappa shape index (κ3) is 2.67. The van der Waals surface area contributed by atoms with Gasteiger partial charge >= 0.3 is 5.69 Å². The summed E-state index contributed by atoms with van der Waals surface area (Å²) in [6.45, 7) is 6.46. The molecular formula is C19H19FN6O2. The van der Waals surface area contributed by atoms with Crippen LogP contribution in [0.4, 0.5) is 10.3 Å². The van der Waals surface area contributed by atoms with Crippen LogP contribution in [0.1, 0.15) is 12.5 Å². The summed E-state index contributed by atoms with van der Waals surface area (Å²) >= 11 is 0. The number of rotatable bonds is 3. The topological polar surface area (TPSA) is 77.4 Å². The number of aryl methyl sites for hydroxylation is 1. The van der Waals surface area contributed by atoms with Gasteiger partial charge in [-0.05, 0) is 24.6 Å². The number of halogens is 1. The molecule has 28 heavy (non-hydrogen) atoms. The van der Waals surface area contributed by atoms with Gasteiger partial charge in [-0.3, -0.25) is 18.5 Å². The second-order valence-electron chi connectivity index (χ2n) is 6.94. The number of hydrazone groups is 1. The molecule has 1 aliphatic rings. The van der Waals surface area contributed by atoms with Crippen LogP contribution in [-0.2, 0) is 20.6 Å². The fraction of sp³-hybridized carbons (Fsp3) is 0.263. The lowest BCUT2D eigenvalue weighted by Gasteiger charge is -2.26. The number of anilines is 1. The normalized spacial score (nSPS) is 13.6. The summed E-state index contributed by atoms with van der Waals surface area (Å²) in [6.07, 6.45) is 0. The van der Waals surface area contributed by atoms with Gasteiger partial charge in [-0.25, -0.2) is 14.2 Å². The molecule has 9 heteroatoms. The number of hydrogen-bond donors (Lipinski definition) is 0. The molecule has 0 fully saturated rings. The first kappa shape index (κ1) is 17.9. The summed E-state index contributed by atoms with van der Waals surface area (Å²) in [7, 11) is 3.02. The second kappa shape index (κ2) is 6.29. The van der Waals surface area contributed by atoms with Crippen molar-refractivity contribution in [3.8, 4) is 0 Å². The van der Waals surface area contributed by atoms with Crippen LogP contribution in [0.15, 0.2) is 51.1 Å². The van der Waals surface area contributed by atoms with Gasteiger partial charge in [0.15, 0.2) is 11.2 Å². The maximum atomic E-state index is 13.3. The minimum absolute atomic E-state index is 0.275. The summed E-state index contributed by atoms with van der Waals surface area (Å²) in [4.78, 5) is 29.6. The van der Waals surface area contributed by atoms with E-state index in [0.29, 0.717) is 29.4 Å². The maximum Gasteiger partial charge on any atom is 0.332 e. The monoisotopic (exact) mass is 382 g/mol. The Morgan fingerprint density at radius 3 is 2.50 bits per heavy atom. The van der Waals surface area contributed by atoms with Gasteiger partial charge in [0.25, 0.3) is 5.56 Å². The van der Waals surface area contributed by atoms with Crippen molar-refractivity contribution in [3.05, 3.63) is 68.6 Å². The molecule has 2 aromatic heterocycles. The van der Waals surface area contributed by atoms with Crippen molar-refractivity contribution in [3.63, 3.8) is 0 Å². The van der Waals surface area contributed by atoms with E-state index in [9.17, 15) is 14.0 Å². The predicted octanol–water partition coefficient (Wildman–Crippen LogP) is 1.37. The molecule has 144 valence electrons. The van der Waals surface area contributed by atoms with Crippen LogP contribution in [0.25, 0.3) is 11.2 Å². The van der Waals surface area contributed by atoms with E-state index in [2.05, 4.69) is 16.7 Å². The van der Waals surface area contributed by atoms with Crippen molar-refractivity contribution in [2.24, 2.45) is 19.2 Å². The van der Waals surface area contributed by atoms with Crippen molar-refractivity contribution < 1.29 is 4.39 Å². The largest absolute Gasteiger partial charge is 0.332 e. The molecule has 0 unspecified atom stereocenters. The molecule has 1 aliphatic heterocycles. The molecule has 0 spiro atoms. The predicted molar refractivity (Wildman–Crippen MR) is 105 cm³/mol. The molecule has 0 aliphatic carbocycles. The van der Waals surface area contributed by atoms with Crippen LogP contribution in [0, 0.1) is 5.82 Å². The number of aromatic nitrogens is 4. The molecule has 3 aromatic rings. The summed E-state index contributed by atoms with van der Waals surface area (Å²) in [5.74, 6) is 0.124. The van der Waals surface area contributed by atoms with Crippen molar-refractivity contribution in [1.29, 1.82) is 0 Å². The first-order valence-corrected chi connectivity index (χ1v) is 8.69. The van der Waals surface area contributed by atoms with E-state index in [0.717, 1.165) is 15.7 Å². The Labute approximate surface area is 159 Å². The standard InChI is InChI=1S/C19H19FN6O2/c1-11(2)9-26-18-21-16-15(17(27)24(4)19(28)23(16)3)25(18)10-14(22-26)12-5-7-13(20)8-6-12/h5-8H,1,9-10H2,2-4H3. The first-order chi connectivity index (χ1) is 13.3. The van der Waals surface area contributed by atoms with Crippen molar-refractivity contribution in [2.75, 3.05) is 11.6 Å². The average molecular weight is 382 g/mol. The highest BCUT2D eigenvalue weighted by atomic mass is 19.1. The first-order valence-electron chi connectivity index (χ1n) is 8.69. The Hall–Kier alpha value is -3.49. The number of benzene rings is 1. The Kier molecular flexibility index (Phi) is 4.02. The fourth-order valence-electron chi connectivity index (χ4n) is 3.31. The highest BCUT2D eigenvalue weighted by Crippen LogP contribution is 2.26. The van der Waals surface area contributed by atoms with Crippen LogP contribution < -0.4 is 16.3 Å². The molecule has 0 saturated carbocycles. The minimum Gasteiger partial charge on any atom is -0.297 e. The molecule has 0 amide bonds. The minimum atomic E-state index is -0.445. The van der Waals surface area contributed by atoms with Crippen LogP contribution >= 0.6 is 0 Å². The highest BCUT2D eigenvalue weighted by molar-refractivity contribution is 6.02. The van der Waals surface area contributed by atoms with Crippen molar-refractivity contribution in [2.45, 2.75) is 13.5 Å². The third-order valence-corrected chi connectivity index (χ3v) is 4.71. The van der Waals surface area contributed by atoms with E-state index in [-0.39, 0.29) is 12.4 Å². The molecule has 8 nitrogen and oxygen atoms in total. The van der Waals surface area contributed by atoms with Gasteiger partial charge in [0.05, 0.1) is 18.8 Å². The molecular weight excluding hydrogens is 363 g/mol. The van der Waals surface area contributed by atoms with E-state index in [1.165, 1.54) is 23.7 Å². The summed E-state index contributed by atoms with van der Waals surface area (Å²) in [5, 5.41) is 6.30. The lowest BCUT2D eigenvalue weighted by molar-refractivity contribution is 0.627. The van der Waals surface area contributed by atoms with E-state index < -0.39 is 11.2 Å². The Balaban J connectivity index is 1.98. The van der Waals surface area contributed by atoms with E-state index >= 15 is 0 Å². The van der Waals surface area contributed by atoms with Gasteiger partial charge in [-0.15, -0.1) is 0 Å². The molecule has 0 radical (unpaired) electrons. The van der Waals surface area contributed by atoms with Crippen molar-refractivity contribution >= 4 is 22.8 Å². The summed E-state index contributed by atoms with van der Waals surface area (Å²) in [6, 6.07) is 6.02. The summed E-state index contributed by atoms with van der Waals surface area (Å²) < 4.78 is 17.5. The van der Waals surface area contributed by atoms with E-state index in [1.54, 1.807) is 28.8 Å². The molecule has 1 aromatic carbocycles. The zero-order valence-electron chi connectivity index (χ0n) is 15.8. The van der Waals surface area contributed by atoms with Gasteiger partial charge in [-0.2, -0.15) is 10.1 Å². The van der Waals surface area contributed by atoms with Gasteiger partial charge in [0, 0.05) is 14.1 Å². The molecule has 0 atom stereocenters.